The maximum absolute atomic E-state index is 10.3. The van der Waals surface area contributed by atoms with E-state index in [0.717, 1.165) is 12.8 Å². The second-order valence-corrected chi connectivity index (χ2v) is 5.47. The Bertz CT molecular complexity index is 191. The van der Waals surface area contributed by atoms with Crippen LogP contribution in [0.5, 0.6) is 0 Å². The lowest BCUT2D eigenvalue weighted by Gasteiger charge is -2.33. The zero-order chi connectivity index (χ0) is 12.6. The second-order valence-electron chi connectivity index (χ2n) is 5.47. The van der Waals surface area contributed by atoms with Gasteiger partial charge in [-0.05, 0) is 13.3 Å². The minimum atomic E-state index is -0.532. The summed E-state index contributed by atoms with van der Waals surface area (Å²) in [5.74, 6) is 0. The van der Waals surface area contributed by atoms with Crippen LogP contribution >= 0.6 is 0 Å². The Morgan fingerprint density at radius 3 is 2.59 bits per heavy atom. The second kappa shape index (κ2) is 8.06. The van der Waals surface area contributed by atoms with Crippen molar-refractivity contribution in [1.29, 1.82) is 0 Å². The van der Waals surface area contributed by atoms with Crippen LogP contribution in [-0.4, -0.2) is 36.5 Å². The third-order valence-electron chi connectivity index (χ3n) is 3.69. The molecule has 1 atom stereocenters. The van der Waals surface area contributed by atoms with E-state index in [0.29, 0.717) is 25.8 Å². The van der Waals surface area contributed by atoms with Crippen LogP contribution in [-0.2, 0) is 4.74 Å². The molecule has 1 aliphatic rings. The van der Waals surface area contributed by atoms with Crippen LogP contribution < -0.4 is 5.32 Å². The van der Waals surface area contributed by atoms with E-state index >= 15 is 0 Å². The summed E-state index contributed by atoms with van der Waals surface area (Å²) in [6.07, 6.45) is 8.01. The van der Waals surface area contributed by atoms with E-state index in [-0.39, 0.29) is 0 Å². The average molecular weight is 243 g/mol. The minimum Gasteiger partial charge on any atom is -0.388 e. The molecule has 0 aliphatic carbocycles. The molecule has 0 spiro atoms. The van der Waals surface area contributed by atoms with Gasteiger partial charge in [0.05, 0.1) is 5.60 Å². The van der Waals surface area contributed by atoms with Crippen LogP contribution in [0.1, 0.15) is 58.8 Å². The van der Waals surface area contributed by atoms with Gasteiger partial charge < -0.3 is 15.2 Å². The fourth-order valence-electron chi connectivity index (χ4n) is 2.27. The molecule has 0 saturated carbocycles. The first-order valence-corrected chi connectivity index (χ1v) is 7.20. The summed E-state index contributed by atoms with van der Waals surface area (Å²) in [7, 11) is 0. The van der Waals surface area contributed by atoms with Crippen molar-refractivity contribution in [3.05, 3.63) is 0 Å². The molecule has 2 N–H and O–H groups in total. The standard InChI is InChI=1S/C14H29NO2/c1-3-4-5-6-7-13(2)15-12-14(16)8-10-17-11-9-14/h13,15-16H,3-12H2,1-2H3. The molecular formula is C14H29NO2. The van der Waals surface area contributed by atoms with Crippen molar-refractivity contribution in [3.8, 4) is 0 Å². The quantitative estimate of drug-likeness (QED) is 0.644. The summed E-state index contributed by atoms with van der Waals surface area (Å²) in [5.41, 5.74) is -0.532. The molecule has 3 nitrogen and oxygen atoms in total. The number of hydrogen-bond donors (Lipinski definition) is 2. The van der Waals surface area contributed by atoms with Crippen LogP contribution in [0.3, 0.4) is 0 Å². The van der Waals surface area contributed by atoms with Gasteiger partial charge in [0, 0.05) is 38.6 Å². The Morgan fingerprint density at radius 2 is 1.94 bits per heavy atom. The van der Waals surface area contributed by atoms with Crippen LogP contribution in [0.15, 0.2) is 0 Å². The van der Waals surface area contributed by atoms with Gasteiger partial charge in [0.25, 0.3) is 0 Å². The normalized spacial score (nSPS) is 21.4. The molecule has 0 aromatic carbocycles. The van der Waals surface area contributed by atoms with Gasteiger partial charge in [-0.15, -0.1) is 0 Å². The first-order chi connectivity index (χ1) is 8.16. The number of hydrogen-bond acceptors (Lipinski definition) is 3. The Morgan fingerprint density at radius 1 is 1.24 bits per heavy atom. The van der Waals surface area contributed by atoms with Crippen molar-refractivity contribution < 1.29 is 9.84 Å². The number of unbranched alkanes of at least 4 members (excludes halogenated alkanes) is 3. The largest absolute Gasteiger partial charge is 0.388 e. The molecule has 1 unspecified atom stereocenters. The van der Waals surface area contributed by atoms with Crippen molar-refractivity contribution in [1.82, 2.24) is 5.32 Å². The molecule has 3 heteroatoms. The fraction of sp³-hybridized carbons (Fsp3) is 1.00. The molecule has 0 radical (unpaired) electrons. The molecule has 0 aromatic rings. The highest BCUT2D eigenvalue weighted by Gasteiger charge is 2.29. The van der Waals surface area contributed by atoms with Crippen molar-refractivity contribution >= 4 is 0 Å². The number of nitrogens with one attached hydrogen (secondary N) is 1. The lowest BCUT2D eigenvalue weighted by atomic mass is 9.94. The predicted octanol–water partition coefficient (Wildman–Crippen LogP) is 2.48. The van der Waals surface area contributed by atoms with Gasteiger partial charge in [0.1, 0.15) is 0 Å². The lowest BCUT2D eigenvalue weighted by molar-refractivity contribution is -0.0626. The summed E-state index contributed by atoms with van der Waals surface area (Å²) in [4.78, 5) is 0. The highest BCUT2D eigenvalue weighted by molar-refractivity contribution is 4.84. The molecule has 1 saturated heterocycles. The molecule has 0 bridgehead atoms. The number of rotatable bonds is 8. The topological polar surface area (TPSA) is 41.5 Å². The van der Waals surface area contributed by atoms with Crippen molar-refractivity contribution in [3.63, 3.8) is 0 Å². The highest BCUT2D eigenvalue weighted by Crippen LogP contribution is 2.19. The van der Waals surface area contributed by atoms with E-state index in [9.17, 15) is 5.11 Å². The van der Waals surface area contributed by atoms with E-state index < -0.39 is 5.60 Å². The SMILES string of the molecule is CCCCCCC(C)NCC1(O)CCOCC1. The van der Waals surface area contributed by atoms with Crippen LogP contribution in [0, 0.1) is 0 Å². The molecular weight excluding hydrogens is 214 g/mol. The Kier molecular flexibility index (Phi) is 7.09. The van der Waals surface area contributed by atoms with E-state index in [1.165, 1.54) is 32.1 Å². The van der Waals surface area contributed by atoms with Gasteiger partial charge in [0.2, 0.25) is 0 Å². The first-order valence-electron chi connectivity index (χ1n) is 7.20. The van der Waals surface area contributed by atoms with E-state index in [2.05, 4.69) is 19.2 Å². The number of aliphatic hydroxyl groups is 1. The maximum Gasteiger partial charge on any atom is 0.0815 e. The third-order valence-corrected chi connectivity index (χ3v) is 3.69. The maximum atomic E-state index is 10.3. The highest BCUT2D eigenvalue weighted by atomic mass is 16.5. The Hall–Kier alpha value is -0.120. The van der Waals surface area contributed by atoms with Gasteiger partial charge >= 0.3 is 0 Å². The van der Waals surface area contributed by atoms with Gasteiger partial charge in [-0.25, -0.2) is 0 Å². The summed E-state index contributed by atoms with van der Waals surface area (Å²) in [6, 6.07) is 0.513. The van der Waals surface area contributed by atoms with Gasteiger partial charge in [-0.3, -0.25) is 0 Å². The monoisotopic (exact) mass is 243 g/mol. The third kappa shape index (κ3) is 6.39. The summed E-state index contributed by atoms with van der Waals surface area (Å²) >= 11 is 0. The summed E-state index contributed by atoms with van der Waals surface area (Å²) in [6.45, 7) is 6.56. The minimum absolute atomic E-state index is 0.513. The fourth-order valence-corrected chi connectivity index (χ4v) is 2.27. The zero-order valence-electron chi connectivity index (χ0n) is 11.5. The predicted molar refractivity (Wildman–Crippen MR) is 71.2 cm³/mol. The molecule has 102 valence electrons. The number of ether oxygens (including phenoxy) is 1. The lowest BCUT2D eigenvalue weighted by Crippen LogP contribution is -2.47. The van der Waals surface area contributed by atoms with E-state index in [1.54, 1.807) is 0 Å². The van der Waals surface area contributed by atoms with Crippen molar-refractivity contribution in [2.24, 2.45) is 0 Å². The molecule has 0 amide bonds. The van der Waals surface area contributed by atoms with Gasteiger partial charge in [-0.1, -0.05) is 32.6 Å². The molecule has 1 rings (SSSR count). The van der Waals surface area contributed by atoms with Gasteiger partial charge in [0.15, 0.2) is 0 Å². The van der Waals surface area contributed by atoms with Crippen LogP contribution in [0.4, 0.5) is 0 Å². The van der Waals surface area contributed by atoms with E-state index in [1.807, 2.05) is 0 Å². The smallest absolute Gasteiger partial charge is 0.0815 e. The molecule has 1 aliphatic heterocycles. The van der Waals surface area contributed by atoms with Crippen LogP contribution in [0.25, 0.3) is 0 Å². The van der Waals surface area contributed by atoms with Crippen LogP contribution in [0.2, 0.25) is 0 Å². The molecule has 0 aromatic heterocycles. The summed E-state index contributed by atoms with van der Waals surface area (Å²) < 4.78 is 5.28. The zero-order valence-corrected chi connectivity index (χ0v) is 11.5. The Balaban J connectivity index is 2.07. The van der Waals surface area contributed by atoms with Crippen molar-refractivity contribution in [2.45, 2.75) is 70.4 Å². The molecule has 17 heavy (non-hydrogen) atoms. The molecule has 1 fully saturated rings. The van der Waals surface area contributed by atoms with Gasteiger partial charge in [-0.2, -0.15) is 0 Å². The van der Waals surface area contributed by atoms with Crippen molar-refractivity contribution in [2.75, 3.05) is 19.8 Å². The molecule has 1 heterocycles. The Labute approximate surface area is 106 Å². The van der Waals surface area contributed by atoms with E-state index in [4.69, 9.17) is 4.74 Å². The first kappa shape index (κ1) is 14.9. The average Bonchev–Trinajstić information content (AvgIpc) is 2.33. The summed E-state index contributed by atoms with van der Waals surface area (Å²) in [5, 5.41) is 13.8.